The molecule has 1 aliphatic heterocycles. The van der Waals surface area contributed by atoms with Crippen molar-refractivity contribution in [2.24, 2.45) is 0 Å². The highest BCUT2D eigenvalue weighted by molar-refractivity contribution is 6.34. The largest absolute Gasteiger partial charge is 0.370 e. The van der Waals surface area contributed by atoms with Crippen LogP contribution in [0.25, 0.3) is 0 Å². The molecule has 0 N–H and O–H groups in total. The quantitative estimate of drug-likeness (QED) is 0.570. The van der Waals surface area contributed by atoms with E-state index in [0.29, 0.717) is 40.9 Å². The van der Waals surface area contributed by atoms with Gasteiger partial charge in [-0.2, -0.15) is 0 Å². The minimum Gasteiger partial charge on any atom is -0.370 e. The van der Waals surface area contributed by atoms with Crippen LogP contribution in [0, 0.1) is 17.0 Å². The van der Waals surface area contributed by atoms with Gasteiger partial charge in [-0.25, -0.2) is 0 Å². The van der Waals surface area contributed by atoms with Crippen LogP contribution >= 0.6 is 23.2 Å². The Kier molecular flexibility index (Phi) is 5.46. The fraction of sp³-hybridized carbons (Fsp3) is 0.278. The van der Waals surface area contributed by atoms with Crippen molar-refractivity contribution in [2.45, 2.75) is 13.0 Å². The number of morpholine rings is 1. The summed E-state index contributed by atoms with van der Waals surface area (Å²) in [6.07, 6.45) is -0.358. The highest BCUT2D eigenvalue weighted by Crippen LogP contribution is 2.29. The van der Waals surface area contributed by atoms with E-state index in [0.717, 1.165) is 5.56 Å². The van der Waals surface area contributed by atoms with E-state index >= 15 is 0 Å². The van der Waals surface area contributed by atoms with Crippen molar-refractivity contribution in [3.63, 3.8) is 0 Å². The standard InChI is InChI=1S/C18H16Cl2N2O4/c1-11-15(3-2-4-16(11)22(24)25)18(23)21-5-6-26-17(10-21)12-7-13(19)9-14(20)8-12/h2-4,7-9,17H,5-6,10H2,1H3. The summed E-state index contributed by atoms with van der Waals surface area (Å²) >= 11 is 12.1. The molecule has 6 nitrogen and oxygen atoms in total. The van der Waals surface area contributed by atoms with Gasteiger partial charge in [0.1, 0.15) is 6.10 Å². The lowest BCUT2D eigenvalue weighted by Crippen LogP contribution is -2.42. The molecule has 136 valence electrons. The molecule has 1 heterocycles. The number of halogens is 2. The van der Waals surface area contributed by atoms with Crippen LogP contribution in [0.4, 0.5) is 5.69 Å². The van der Waals surface area contributed by atoms with Gasteiger partial charge in [-0.1, -0.05) is 29.3 Å². The van der Waals surface area contributed by atoms with E-state index in [4.69, 9.17) is 27.9 Å². The first-order valence-electron chi connectivity index (χ1n) is 7.97. The lowest BCUT2D eigenvalue weighted by molar-refractivity contribution is -0.385. The topological polar surface area (TPSA) is 72.7 Å². The van der Waals surface area contributed by atoms with Crippen molar-refractivity contribution in [3.05, 3.63) is 73.2 Å². The van der Waals surface area contributed by atoms with Crippen molar-refractivity contribution < 1.29 is 14.5 Å². The lowest BCUT2D eigenvalue weighted by Gasteiger charge is -2.33. The van der Waals surface area contributed by atoms with E-state index in [-0.39, 0.29) is 17.7 Å². The average molecular weight is 395 g/mol. The van der Waals surface area contributed by atoms with Crippen LogP contribution < -0.4 is 0 Å². The predicted octanol–water partition coefficient (Wildman–Crippen LogP) is 4.42. The van der Waals surface area contributed by atoms with E-state index in [1.165, 1.54) is 12.1 Å². The summed E-state index contributed by atoms with van der Waals surface area (Å²) in [6, 6.07) is 9.65. The first-order chi connectivity index (χ1) is 12.4. The molecule has 2 aromatic rings. The normalized spacial score (nSPS) is 17.2. The van der Waals surface area contributed by atoms with E-state index < -0.39 is 4.92 Å². The van der Waals surface area contributed by atoms with Gasteiger partial charge in [0.05, 0.1) is 18.1 Å². The number of nitro groups is 1. The Morgan fingerprint density at radius 2 is 1.96 bits per heavy atom. The highest BCUT2D eigenvalue weighted by atomic mass is 35.5. The Hall–Kier alpha value is -2.15. The number of nitro benzene ring substituents is 1. The maximum Gasteiger partial charge on any atom is 0.273 e. The third-order valence-electron chi connectivity index (χ3n) is 4.34. The van der Waals surface area contributed by atoms with E-state index in [1.807, 2.05) is 0 Å². The number of benzene rings is 2. The van der Waals surface area contributed by atoms with Crippen LogP contribution in [0.5, 0.6) is 0 Å². The Labute approximate surface area is 160 Å². The number of amides is 1. The molecule has 3 rings (SSSR count). The van der Waals surface area contributed by atoms with Crippen LogP contribution in [0.15, 0.2) is 36.4 Å². The summed E-state index contributed by atoms with van der Waals surface area (Å²) in [6.45, 7) is 2.66. The highest BCUT2D eigenvalue weighted by Gasteiger charge is 2.28. The van der Waals surface area contributed by atoms with Gasteiger partial charge >= 0.3 is 0 Å². The van der Waals surface area contributed by atoms with Gasteiger partial charge in [0.2, 0.25) is 0 Å². The maximum absolute atomic E-state index is 12.9. The Morgan fingerprint density at radius 3 is 2.62 bits per heavy atom. The lowest BCUT2D eigenvalue weighted by atomic mass is 10.0. The summed E-state index contributed by atoms with van der Waals surface area (Å²) in [4.78, 5) is 25.2. The zero-order chi connectivity index (χ0) is 18.8. The molecule has 8 heteroatoms. The molecule has 0 bridgehead atoms. The first-order valence-corrected chi connectivity index (χ1v) is 8.73. The van der Waals surface area contributed by atoms with Gasteiger partial charge in [-0.3, -0.25) is 14.9 Å². The molecule has 1 amide bonds. The number of carbonyl (C=O) groups excluding carboxylic acids is 1. The van der Waals surface area contributed by atoms with Crippen molar-refractivity contribution >= 4 is 34.8 Å². The fourth-order valence-corrected chi connectivity index (χ4v) is 3.56. The van der Waals surface area contributed by atoms with Crippen molar-refractivity contribution in [1.82, 2.24) is 4.90 Å². The SMILES string of the molecule is Cc1c(C(=O)N2CCOC(c3cc(Cl)cc(Cl)c3)C2)cccc1[N+](=O)[O-]. The van der Waals surface area contributed by atoms with Crippen molar-refractivity contribution in [2.75, 3.05) is 19.7 Å². The van der Waals surface area contributed by atoms with Crippen LogP contribution in [-0.2, 0) is 4.74 Å². The van der Waals surface area contributed by atoms with Crippen LogP contribution in [-0.4, -0.2) is 35.4 Å². The zero-order valence-electron chi connectivity index (χ0n) is 13.9. The third kappa shape index (κ3) is 3.82. The van der Waals surface area contributed by atoms with Gasteiger partial charge in [0.25, 0.3) is 11.6 Å². The molecule has 1 aliphatic rings. The Morgan fingerprint density at radius 1 is 1.27 bits per heavy atom. The summed E-state index contributed by atoms with van der Waals surface area (Å²) in [7, 11) is 0. The average Bonchev–Trinajstić information content (AvgIpc) is 2.60. The van der Waals surface area contributed by atoms with Crippen molar-refractivity contribution in [3.8, 4) is 0 Å². The second-order valence-electron chi connectivity index (χ2n) is 6.02. The van der Waals surface area contributed by atoms with Crippen LogP contribution in [0.1, 0.15) is 27.6 Å². The maximum atomic E-state index is 12.9. The van der Waals surface area contributed by atoms with Gasteiger partial charge < -0.3 is 9.64 Å². The van der Waals surface area contributed by atoms with Crippen molar-refractivity contribution in [1.29, 1.82) is 0 Å². The van der Waals surface area contributed by atoms with Crippen LogP contribution in [0.2, 0.25) is 10.0 Å². The van der Waals surface area contributed by atoms with Gasteiger partial charge in [0.15, 0.2) is 0 Å². The fourth-order valence-electron chi connectivity index (χ4n) is 3.02. The van der Waals surface area contributed by atoms with E-state index in [9.17, 15) is 14.9 Å². The number of rotatable bonds is 3. The minimum atomic E-state index is -0.484. The number of ether oxygens (including phenoxy) is 1. The monoisotopic (exact) mass is 394 g/mol. The number of hydrogen-bond acceptors (Lipinski definition) is 4. The number of nitrogens with zero attached hydrogens (tertiary/aromatic N) is 2. The van der Waals surface area contributed by atoms with E-state index in [1.54, 1.807) is 36.1 Å². The van der Waals surface area contributed by atoms with Gasteiger partial charge in [-0.15, -0.1) is 0 Å². The molecule has 0 aliphatic carbocycles. The molecular weight excluding hydrogens is 379 g/mol. The molecule has 0 radical (unpaired) electrons. The summed E-state index contributed by atoms with van der Waals surface area (Å²) < 4.78 is 5.76. The zero-order valence-corrected chi connectivity index (χ0v) is 15.5. The Balaban J connectivity index is 1.85. The van der Waals surface area contributed by atoms with Gasteiger partial charge in [0, 0.05) is 33.8 Å². The summed E-state index contributed by atoms with van der Waals surface area (Å²) in [5.74, 6) is -0.257. The molecule has 1 saturated heterocycles. The van der Waals surface area contributed by atoms with E-state index in [2.05, 4.69) is 0 Å². The second-order valence-corrected chi connectivity index (χ2v) is 6.89. The molecule has 26 heavy (non-hydrogen) atoms. The summed E-state index contributed by atoms with van der Waals surface area (Å²) in [5, 5.41) is 12.1. The molecule has 1 unspecified atom stereocenters. The number of hydrogen-bond donors (Lipinski definition) is 0. The molecule has 0 saturated carbocycles. The smallest absolute Gasteiger partial charge is 0.273 e. The first kappa shape index (κ1) is 18.6. The van der Waals surface area contributed by atoms with Crippen LogP contribution in [0.3, 0.4) is 0 Å². The minimum absolute atomic E-state index is 0.0673. The molecular formula is C18H16Cl2N2O4. The second kappa shape index (κ2) is 7.61. The third-order valence-corrected chi connectivity index (χ3v) is 4.78. The molecule has 0 aromatic heterocycles. The molecule has 2 aromatic carbocycles. The summed E-state index contributed by atoms with van der Waals surface area (Å²) in [5.41, 5.74) is 1.40. The molecule has 1 fully saturated rings. The Bertz CT molecular complexity index is 852. The molecule has 0 spiro atoms. The predicted molar refractivity (Wildman–Crippen MR) is 98.9 cm³/mol. The number of carbonyl (C=O) groups is 1. The molecule has 1 atom stereocenters. The van der Waals surface area contributed by atoms with Gasteiger partial charge in [-0.05, 0) is 36.8 Å².